The minimum absolute atomic E-state index is 0.129. The van der Waals surface area contributed by atoms with E-state index in [9.17, 15) is 13.2 Å². The molecule has 3 aromatic rings. The Balaban J connectivity index is 1.53. The van der Waals surface area contributed by atoms with Crippen molar-refractivity contribution in [3.63, 3.8) is 0 Å². The number of aryl methyl sites for hydroxylation is 2. The van der Waals surface area contributed by atoms with E-state index in [1.54, 1.807) is 12.1 Å². The van der Waals surface area contributed by atoms with Gasteiger partial charge >= 0.3 is 0 Å². The van der Waals surface area contributed by atoms with Gasteiger partial charge in [-0.1, -0.05) is 38.1 Å². The van der Waals surface area contributed by atoms with Gasteiger partial charge in [0.15, 0.2) is 0 Å². The zero-order valence-corrected chi connectivity index (χ0v) is 20.4. The van der Waals surface area contributed by atoms with Gasteiger partial charge in [-0.3, -0.25) is 4.79 Å². The first-order valence-corrected chi connectivity index (χ1v) is 13.2. The standard InChI is InChI=1S/C25H32N4O3S/c1-4-28(5-2)33(31,32)21-11-12-23-22(17-21)26-24(29(23)6-3)13-14-25(30)27-16-15-19-9-7-8-10-20(19)18-27/h7-12,17H,4-6,13-16,18H2,1-3H3. The molecule has 0 spiro atoms. The van der Waals surface area contributed by atoms with E-state index in [4.69, 9.17) is 4.98 Å². The molecule has 1 aliphatic rings. The highest BCUT2D eigenvalue weighted by Crippen LogP contribution is 2.24. The number of imidazole rings is 1. The Hall–Kier alpha value is -2.71. The van der Waals surface area contributed by atoms with E-state index < -0.39 is 10.0 Å². The Kier molecular flexibility index (Phi) is 6.86. The lowest BCUT2D eigenvalue weighted by Crippen LogP contribution is -2.36. The Labute approximate surface area is 196 Å². The fourth-order valence-corrected chi connectivity index (χ4v) is 6.14. The van der Waals surface area contributed by atoms with Crippen molar-refractivity contribution in [3.8, 4) is 0 Å². The van der Waals surface area contributed by atoms with Gasteiger partial charge in [0.25, 0.3) is 0 Å². The van der Waals surface area contributed by atoms with Gasteiger partial charge in [-0.2, -0.15) is 4.31 Å². The number of hydrogen-bond acceptors (Lipinski definition) is 4. The van der Waals surface area contributed by atoms with E-state index in [-0.39, 0.29) is 10.8 Å². The summed E-state index contributed by atoms with van der Waals surface area (Å²) < 4.78 is 29.4. The van der Waals surface area contributed by atoms with E-state index in [2.05, 4.69) is 16.7 Å². The van der Waals surface area contributed by atoms with Crippen molar-refractivity contribution < 1.29 is 13.2 Å². The van der Waals surface area contributed by atoms with Crippen LogP contribution in [0.4, 0.5) is 0 Å². The summed E-state index contributed by atoms with van der Waals surface area (Å²) in [5.41, 5.74) is 4.09. The first-order valence-electron chi connectivity index (χ1n) is 11.7. The highest BCUT2D eigenvalue weighted by molar-refractivity contribution is 7.89. The molecule has 0 fully saturated rings. The summed E-state index contributed by atoms with van der Waals surface area (Å²) in [6.07, 6.45) is 1.80. The molecule has 0 radical (unpaired) electrons. The molecular formula is C25H32N4O3S. The maximum atomic E-state index is 12.9. The lowest BCUT2D eigenvalue weighted by molar-refractivity contribution is -0.132. The fraction of sp³-hybridized carbons (Fsp3) is 0.440. The van der Waals surface area contributed by atoms with Crippen LogP contribution in [0.5, 0.6) is 0 Å². The Morgan fingerprint density at radius 3 is 2.48 bits per heavy atom. The lowest BCUT2D eigenvalue weighted by Gasteiger charge is -2.29. The summed E-state index contributed by atoms with van der Waals surface area (Å²) in [6.45, 7) is 8.66. The van der Waals surface area contributed by atoms with Crippen LogP contribution in [0.15, 0.2) is 47.4 Å². The van der Waals surface area contributed by atoms with Crippen LogP contribution in [0.1, 0.15) is 44.1 Å². The average Bonchev–Trinajstić information content (AvgIpc) is 3.19. The molecule has 0 atom stereocenters. The van der Waals surface area contributed by atoms with Crippen molar-refractivity contribution in [2.24, 2.45) is 0 Å². The number of fused-ring (bicyclic) bond motifs is 2. The first kappa shape index (κ1) is 23.4. The van der Waals surface area contributed by atoms with Crippen molar-refractivity contribution in [3.05, 3.63) is 59.4 Å². The van der Waals surface area contributed by atoms with Gasteiger partial charge in [0.05, 0.1) is 15.9 Å². The predicted molar refractivity (Wildman–Crippen MR) is 129 cm³/mol. The minimum atomic E-state index is -3.54. The lowest BCUT2D eigenvalue weighted by atomic mass is 9.99. The summed E-state index contributed by atoms with van der Waals surface area (Å²) in [4.78, 5) is 19.8. The third-order valence-corrected chi connectivity index (χ3v) is 8.55. The van der Waals surface area contributed by atoms with E-state index in [0.717, 1.165) is 24.3 Å². The molecule has 33 heavy (non-hydrogen) atoms. The highest BCUT2D eigenvalue weighted by atomic mass is 32.2. The zero-order chi connectivity index (χ0) is 23.6. The van der Waals surface area contributed by atoms with Crippen LogP contribution >= 0.6 is 0 Å². The van der Waals surface area contributed by atoms with Gasteiger partial charge in [0, 0.05) is 45.6 Å². The van der Waals surface area contributed by atoms with Gasteiger partial charge < -0.3 is 9.47 Å². The van der Waals surface area contributed by atoms with Gasteiger partial charge in [-0.05, 0) is 42.7 Å². The molecule has 1 aromatic heterocycles. The third kappa shape index (κ3) is 4.54. The van der Waals surface area contributed by atoms with Crippen molar-refractivity contribution >= 4 is 27.0 Å². The van der Waals surface area contributed by atoms with Crippen molar-refractivity contribution in [1.29, 1.82) is 0 Å². The molecule has 2 aromatic carbocycles. The molecule has 0 N–H and O–H groups in total. The van der Waals surface area contributed by atoms with E-state index >= 15 is 0 Å². The van der Waals surface area contributed by atoms with Crippen LogP contribution in [-0.2, 0) is 40.7 Å². The number of sulfonamides is 1. The van der Waals surface area contributed by atoms with Gasteiger partial charge in [0.2, 0.25) is 15.9 Å². The first-order chi connectivity index (χ1) is 15.9. The molecule has 176 valence electrons. The van der Waals surface area contributed by atoms with Crippen LogP contribution in [-0.4, -0.2) is 52.7 Å². The van der Waals surface area contributed by atoms with E-state index in [1.807, 2.05) is 43.9 Å². The summed E-state index contributed by atoms with van der Waals surface area (Å²) in [6, 6.07) is 13.4. The number of carbonyl (C=O) groups excluding carboxylic acids is 1. The zero-order valence-electron chi connectivity index (χ0n) is 19.6. The van der Waals surface area contributed by atoms with Crippen molar-refractivity contribution in [2.75, 3.05) is 19.6 Å². The van der Waals surface area contributed by atoms with Gasteiger partial charge in [-0.25, -0.2) is 13.4 Å². The van der Waals surface area contributed by atoms with E-state index in [1.165, 1.54) is 15.4 Å². The highest BCUT2D eigenvalue weighted by Gasteiger charge is 2.24. The molecule has 7 nitrogen and oxygen atoms in total. The normalized spacial score (nSPS) is 14.1. The number of rotatable bonds is 8. The number of aromatic nitrogens is 2. The van der Waals surface area contributed by atoms with Crippen LogP contribution in [0, 0.1) is 0 Å². The molecule has 1 amide bonds. The summed E-state index contributed by atoms with van der Waals surface area (Å²) in [5.74, 6) is 0.944. The fourth-order valence-electron chi connectivity index (χ4n) is 4.66. The topological polar surface area (TPSA) is 75.5 Å². The largest absolute Gasteiger partial charge is 0.338 e. The second-order valence-electron chi connectivity index (χ2n) is 8.35. The molecule has 1 aliphatic heterocycles. The molecule has 0 unspecified atom stereocenters. The number of hydrogen-bond donors (Lipinski definition) is 0. The molecule has 0 aliphatic carbocycles. The van der Waals surface area contributed by atoms with E-state index in [0.29, 0.717) is 44.5 Å². The molecule has 0 bridgehead atoms. The number of nitrogens with zero attached hydrogens (tertiary/aromatic N) is 4. The van der Waals surface area contributed by atoms with Gasteiger partial charge in [0.1, 0.15) is 5.82 Å². The summed E-state index contributed by atoms with van der Waals surface area (Å²) >= 11 is 0. The molecule has 0 saturated heterocycles. The number of benzene rings is 2. The molecule has 8 heteroatoms. The third-order valence-electron chi connectivity index (χ3n) is 6.50. The second kappa shape index (κ2) is 9.65. The van der Waals surface area contributed by atoms with Crippen LogP contribution in [0.2, 0.25) is 0 Å². The average molecular weight is 469 g/mol. The summed E-state index contributed by atoms with van der Waals surface area (Å²) in [7, 11) is -3.54. The van der Waals surface area contributed by atoms with Crippen molar-refractivity contribution in [2.45, 2.75) is 58.0 Å². The molecular weight excluding hydrogens is 436 g/mol. The quantitative estimate of drug-likeness (QED) is 0.506. The molecule has 0 saturated carbocycles. The maximum Gasteiger partial charge on any atom is 0.243 e. The van der Waals surface area contributed by atoms with Crippen LogP contribution in [0.25, 0.3) is 11.0 Å². The molecule has 4 rings (SSSR count). The Bertz CT molecular complexity index is 1260. The predicted octanol–water partition coefficient (Wildman–Crippen LogP) is 3.60. The minimum Gasteiger partial charge on any atom is -0.338 e. The smallest absolute Gasteiger partial charge is 0.243 e. The molecule has 2 heterocycles. The second-order valence-corrected chi connectivity index (χ2v) is 10.3. The van der Waals surface area contributed by atoms with Gasteiger partial charge in [-0.15, -0.1) is 0 Å². The SMILES string of the molecule is CCN(CC)S(=O)(=O)c1ccc2c(c1)nc(CCC(=O)N1CCc3ccccc3C1)n2CC. The summed E-state index contributed by atoms with van der Waals surface area (Å²) in [5, 5.41) is 0. The monoisotopic (exact) mass is 468 g/mol. The Morgan fingerprint density at radius 1 is 1.06 bits per heavy atom. The van der Waals surface area contributed by atoms with Crippen LogP contribution < -0.4 is 0 Å². The van der Waals surface area contributed by atoms with Crippen molar-refractivity contribution in [1.82, 2.24) is 18.8 Å². The van der Waals surface area contributed by atoms with Crippen LogP contribution in [0.3, 0.4) is 0 Å². The number of carbonyl (C=O) groups is 1. The Morgan fingerprint density at radius 2 is 1.79 bits per heavy atom. The number of amides is 1. The maximum absolute atomic E-state index is 12.9.